The standard InChI is InChI=1S/C44H45F3N10O6/c1-3-33(58)51-31-21-32(38(36(31)59)62-41(60)44(45,46)47)57-24-49-35-39(48-22-30(26-13-7-4-8-14-26)27-15-9-5-10-16-27)53-42(54-40(35)57)56-20-19-29(23-56)50-43(61)52-34-25(2)55-63-37(34)28-17-11-6-12-18-28/h4-18,24,29-32,36,38,59H,3,19-23H2,1-2H3,(H,51,58)(H,48,53,54)(H2,50,52,61)/t29-,31+,32-,36-,38+/m1/s1. The van der Waals surface area contributed by atoms with Crippen molar-refractivity contribution in [1.29, 1.82) is 0 Å². The van der Waals surface area contributed by atoms with Crippen LogP contribution >= 0.6 is 0 Å². The van der Waals surface area contributed by atoms with Crippen LogP contribution in [0, 0.1) is 6.92 Å². The van der Waals surface area contributed by atoms with Gasteiger partial charge in [-0.2, -0.15) is 23.1 Å². The maximum atomic E-state index is 13.6. The number of urea groups is 1. The Labute approximate surface area is 359 Å². The van der Waals surface area contributed by atoms with Gasteiger partial charge in [-0.25, -0.2) is 14.6 Å². The molecule has 1 aliphatic heterocycles. The van der Waals surface area contributed by atoms with Crippen molar-refractivity contribution in [2.24, 2.45) is 0 Å². The molecule has 8 rings (SSSR count). The molecule has 63 heavy (non-hydrogen) atoms. The predicted molar refractivity (Wildman–Crippen MR) is 226 cm³/mol. The Morgan fingerprint density at radius 1 is 0.952 bits per heavy atom. The normalized spacial score (nSPS) is 19.9. The number of anilines is 3. The Kier molecular flexibility index (Phi) is 12.3. The fraction of sp³-hybridized carbons (Fsp3) is 0.341. The highest BCUT2D eigenvalue weighted by molar-refractivity contribution is 5.94. The van der Waals surface area contributed by atoms with Crippen LogP contribution in [0.5, 0.6) is 0 Å². The number of rotatable bonds is 13. The zero-order valence-electron chi connectivity index (χ0n) is 34.2. The molecule has 3 aromatic heterocycles. The van der Waals surface area contributed by atoms with E-state index < -0.39 is 48.4 Å². The quantitative estimate of drug-likeness (QED) is 0.0836. The largest absolute Gasteiger partial charge is 0.490 e. The van der Waals surface area contributed by atoms with Crippen LogP contribution in [0.4, 0.5) is 35.4 Å². The Bertz CT molecular complexity index is 2520. The lowest BCUT2D eigenvalue weighted by Crippen LogP contribution is -2.45. The second-order valence-electron chi connectivity index (χ2n) is 15.5. The number of nitrogens with one attached hydrogen (secondary N) is 4. The number of ether oxygens (including phenoxy) is 1. The number of aliphatic hydroxyl groups excluding tert-OH is 1. The summed E-state index contributed by atoms with van der Waals surface area (Å²) in [6, 6.07) is 26.0. The predicted octanol–water partition coefficient (Wildman–Crippen LogP) is 6.11. The van der Waals surface area contributed by atoms with Crippen molar-refractivity contribution < 1.29 is 41.9 Å². The molecule has 3 aromatic carbocycles. The van der Waals surface area contributed by atoms with Gasteiger partial charge in [-0.15, -0.1) is 0 Å². The zero-order chi connectivity index (χ0) is 44.3. The summed E-state index contributed by atoms with van der Waals surface area (Å²) < 4.78 is 52.7. The number of esters is 1. The highest BCUT2D eigenvalue weighted by atomic mass is 19.4. The van der Waals surface area contributed by atoms with Gasteiger partial charge < -0.3 is 45.1 Å². The zero-order valence-corrected chi connectivity index (χ0v) is 34.2. The molecule has 0 radical (unpaired) electrons. The molecule has 3 amide bonds. The lowest BCUT2D eigenvalue weighted by molar-refractivity contribution is -0.209. The summed E-state index contributed by atoms with van der Waals surface area (Å²) in [4.78, 5) is 54.4. The molecule has 16 nitrogen and oxygen atoms in total. The first-order valence-electron chi connectivity index (χ1n) is 20.6. The number of fused-ring (bicyclic) bond motifs is 1. The van der Waals surface area contributed by atoms with Crippen LogP contribution in [0.2, 0.25) is 0 Å². The molecule has 4 heterocycles. The molecule has 5 N–H and O–H groups in total. The number of hydrogen-bond donors (Lipinski definition) is 5. The van der Waals surface area contributed by atoms with Gasteiger partial charge in [0.2, 0.25) is 11.9 Å². The molecule has 1 aliphatic carbocycles. The monoisotopic (exact) mass is 866 g/mol. The minimum absolute atomic E-state index is 0.0513. The van der Waals surface area contributed by atoms with Gasteiger partial charge in [0.05, 0.1) is 18.4 Å². The van der Waals surface area contributed by atoms with E-state index in [1.165, 1.54) is 10.9 Å². The molecule has 6 aromatic rings. The minimum atomic E-state index is -5.35. The highest BCUT2D eigenvalue weighted by Crippen LogP contribution is 2.38. The molecule has 1 saturated carbocycles. The number of amides is 3. The number of aryl methyl sites for hydroxylation is 1. The van der Waals surface area contributed by atoms with E-state index in [1.54, 1.807) is 13.8 Å². The van der Waals surface area contributed by atoms with E-state index in [0.29, 0.717) is 42.5 Å². The van der Waals surface area contributed by atoms with Gasteiger partial charge in [0.15, 0.2) is 28.8 Å². The summed E-state index contributed by atoms with van der Waals surface area (Å²) in [5, 5.41) is 27.3. The third kappa shape index (κ3) is 9.28. The average molecular weight is 867 g/mol. The van der Waals surface area contributed by atoms with Gasteiger partial charge in [-0.1, -0.05) is 103 Å². The van der Waals surface area contributed by atoms with Crippen molar-refractivity contribution in [1.82, 2.24) is 35.3 Å². The molecule has 0 spiro atoms. The lowest BCUT2D eigenvalue weighted by Gasteiger charge is -2.25. The highest BCUT2D eigenvalue weighted by Gasteiger charge is 2.51. The Morgan fingerprint density at radius 2 is 1.62 bits per heavy atom. The second kappa shape index (κ2) is 18.1. The second-order valence-corrected chi connectivity index (χ2v) is 15.5. The van der Waals surface area contributed by atoms with E-state index in [1.807, 2.05) is 95.9 Å². The van der Waals surface area contributed by atoms with Crippen LogP contribution in [0.25, 0.3) is 22.5 Å². The minimum Gasteiger partial charge on any atom is -0.451 e. The van der Waals surface area contributed by atoms with Gasteiger partial charge >= 0.3 is 18.2 Å². The summed E-state index contributed by atoms with van der Waals surface area (Å²) in [5.74, 6) is -2.11. The van der Waals surface area contributed by atoms with Crippen molar-refractivity contribution in [2.75, 3.05) is 35.2 Å². The van der Waals surface area contributed by atoms with Crippen molar-refractivity contribution in [2.45, 2.75) is 75.5 Å². The van der Waals surface area contributed by atoms with E-state index in [4.69, 9.17) is 19.2 Å². The summed E-state index contributed by atoms with van der Waals surface area (Å²) in [6.45, 7) is 4.38. The van der Waals surface area contributed by atoms with Crippen LogP contribution < -0.4 is 26.2 Å². The van der Waals surface area contributed by atoms with Crippen molar-refractivity contribution in [3.63, 3.8) is 0 Å². The maximum absolute atomic E-state index is 13.6. The maximum Gasteiger partial charge on any atom is 0.490 e. The third-order valence-corrected chi connectivity index (χ3v) is 11.4. The first-order valence-corrected chi connectivity index (χ1v) is 20.6. The third-order valence-electron chi connectivity index (χ3n) is 11.4. The van der Waals surface area contributed by atoms with Crippen LogP contribution in [0.15, 0.2) is 102 Å². The molecule has 19 heteroatoms. The van der Waals surface area contributed by atoms with E-state index in [2.05, 4.69) is 31.4 Å². The van der Waals surface area contributed by atoms with Crippen molar-refractivity contribution >= 4 is 46.5 Å². The molecule has 5 atom stereocenters. The number of halogens is 3. The average Bonchev–Trinajstić information content (AvgIpc) is 4.08. The van der Waals surface area contributed by atoms with Gasteiger partial charge in [-0.3, -0.25) is 4.79 Å². The smallest absolute Gasteiger partial charge is 0.451 e. The van der Waals surface area contributed by atoms with E-state index in [9.17, 15) is 32.7 Å². The molecule has 0 unspecified atom stereocenters. The Morgan fingerprint density at radius 3 is 2.27 bits per heavy atom. The summed E-state index contributed by atoms with van der Waals surface area (Å²) in [6.07, 6.45) is -6.96. The first-order chi connectivity index (χ1) is 30.4. The fourth-order valence-corrected chi connectivity index (χ4v) is 8.16. The molecular formula is C44H45F3N10O6. The number of carbonyl (C=O) groups excluding carboxylic acids is 3. The number of nitrogens with zero attached hydrogens (tertiary/aromatic N) is 6. The van der Waals surface area contributed by atoms with Gasteiger partial charge in [0, 0.05) is 43.6 Å². The molecule has 2 aliphatic rings. The number of hydrogen-bond acceptors (Lipinski definition) is 12. The number of aliphatic hydroxyl groups is 1. The van der Waals surface area contributed by atoms with Gasteiger partial charge in [0.1, 0.15) is 17.5 Å². The fourth-order valence-electron chi connectivity index (χ4n) is 8.16. The number of carbonyl (C=O) groups is 3. The van der Waals surface area contributed by atoms with Crippen LogP contribution in [0.3, 0.4) is 0 Å². The van der Waals surface area contributed by atoms with E-state index in [-0.39, 0.29) is 48.5 Å². The summed E-state index contributed by atoms with van der Waals surface area (Å²) in [7, 11) is 0. The van der Waals surface area contributed by atoms with Crippen molar-refractivity contribution in [3.05, 3.63) is 114 Å². The lowest BCUT2D eigenvalue weighted by atomic mass is 9.91. The SMILES string of the molecule is CCC(=O)N[C@H]1C[C@@H](n2cnc3c(NCC(c4ccccc4)c4ccccc4)nc(N4CC[C@@H](NC(=O)Nc5c(C)noc5-c5ccccc5)C4)nc32)[C@H](OC(=O)C(F)(F)F)[C@@H]1O. The number of benzene rings is 3. The summed E-state index contributed by atoms with van der Waals surface area (Å²) in [5.41, 5.74) is 4.19. The van der Waals surface area contributed by atoms with Crippen LogP contribution in [0.1, 0.15) is 55.0 Å². The summed E-state index contributed by atoms with van der Waals surface area (Å²) >= 11 is 0. The Balaban J connectivity index is 1.11. The molecule has 328 valence electrons. The van der Waals surface area contributed by atoms with Gasteiger partial charge in [0.25, 0.3) is 0 Å². The molecular weight excluding hydrogens is 822 g/mol. The Hall–Kier alpha value is -7.02. The number of imidazole rings is 1. The van der Waals surface area contributed by atoms with Crippen LogP contribution in [-0.4, -0.2) is 97.8 Å². The molecule has 2 fully saturated rings. The molecule has 0 bridgehead atoms. The topological polar surface area (TPSA) is 202 Å². The van der Waals surface area contributed by atoms with Crippen molar-refractivity contribution in [3.8, 4) is 11.3 Å². The number of aromatic nitrogens is 5. The molecule has 1 saturated heterocycles. The number of alkyl halides is 3. The van der Waals surface area contributed by atoms with Gasteiger partial charge in [-0.05, 0) is 30.9 Å². The van der Waals surface area contributed by atoms with Crippen LogP contribution in [-0.2, 0) is 14.3 Å². The van der Waals surface area contributed by atoms with E-state index in [0.717, 1.165) is 16.7 Å². The first kappa shape index (κ1) is 42.7. The van der Waals surface area contributed by atoms with E-state index >= 15 is 0 Å².